The predicted octanol–water partition coefficient (Wildman–Crippen LogP) is 3.71. The monoisotopic (exact) mass is 345 g/mol. The molecule has 3 aromatic rings. The van der Waals surface area contributed by atoms with Crippen LogP contribution in [0.25, 0.3) is 22.2 Å². The quantitative estimate of drug-likeness (QED) is 0.787. The first-order valence-corrected chi connectivity index (χ1v) is 9.13. The van der Waals surface area contributed by atoms with Crippen LogP contribution in [0.3, 0.4) is 0 Å². The number of nitrogens with two attached hydrogens (primary N) is 1. The van der Waals surface area contributed by atoms with Gasteiger partial charge in [-0.25, -0.2) is 4.98 Å². The molecule has 4 heteroatoms. The Kier molecular flexibility index (Phi) is 4.43. The highest BCUT2D eigenvalue weighted by Crippen LogP contribution is 2.29. The SMILES string of the molecule is CC1CC(CN)CN1C(=O)c1cc(-c2ccccc2)nc2ccccc12. The Bertz CT molecular complexity index is 939. The zero-order valence-electron chi connectivity index (χ0n) is 14.9. The third kappa shape index (κ3) is 2.97. The van der Waals surface area contributed by atoms with Gasteiger partial charge in [-0.15, -0.1) is 0 Å². The maximum Gasteiger partial charge on any atom is 0.254 e. The molecule has 2 atom stereocenters. The van der Waals surface area contributed by atoms with E-state index in [-0.39, 0.29) is 11.9 Å². The second-order valence-corrected chi connectivity index (χ2v) is 7.08. The molecule has 2 heterocycles. The summed E-state index contributed by atoms with van der Waals surface area (Å²) < 4.78 is 0. The van der Waals surface area contributed by atoms with E-state index in [0.717, 1.165) is 40.7 Å². The number of pyridine rings is 1. The van der Waals surface area contributed by atoms with Crippen molar-refractivity contribution in [2.75, 3.05) is 13.1 Å². The summed E-state index contributed by atoms with van der Waals surface area (Å²) in [6.07, 6.45) is 0.969. The molecule has 0 spiro atoms. The lowest BCUT2D eigenvalue weighted by molar-refractivity contribution is 0.0745. The molecule has 2 aromatic carbocycles. The second-order valence-electron chi connectivity index (χ2n) is 7.08. The van der Waals surface area contributed by atoms with Gasteiger partial charge in [0.05, 0.1) is 16.8 Å². The van der Waals surface area contributed by atoms with E-state index in [9.17, 15) is 4.79 Å². The maximum atomic E-state index is 13.4. The fraction of sp³-hybridized carbons (Fsp3) is 0.273. The lowest BCUT2D eigenvalue weighted by Gasteiger charge is -2.22. The first kappa shape index (κ1) is 16.7. The van der Waals surface area contributed by atoms with Crippen molar-refractivity contribution >= 4 is 16.8 Å². The molecule has 2 N–H and O–H groups in total. The molecule has 26 heavy (non-hydrogen) atoms. The Hall–Kier alpha value is -2.72. The van der Waals surface area contributed by atoms with Gasteiger partial charge in [0.2, 0.25) is 0 Å². The molecule has 4 nitrogen and oxygen atoms in total. The van der Waals surface area contributed by atoms with Crippen molar-refractivity contribution in [1.82, 2.24) is 9.88 Å². The molecule has 0 saturated carbocycles. The first-order valence-electron chi connectivity index (χ1n) is 9.13. The summed E-state index contributed by atoms with van der Waals surface area (Å²) in [6.45, 7) is 3.46. The number of carbonyl (C=O) groups excluding carboxylic acids is 1. The van der Waals surface area contributed by atoms with Gasteiger partial charge in [-0.3, -0.25) is 4.79 Å². The average molecular weight is 345 g/mol. The van der Waals surface area contributed by atoms with E-state index in [1.54, 1.807) is 0 Å². The van der Waals surface area contributed by atoms with Gasteiger partial charge in [-0.1, -0.05) is 48.5 Å². The van der Waals surface area contributed by atoms with Crippen molar-refractivity contribution in [2.24, 2.45) is 11.7 Å². The number of carbonyl (C=O) groups is 1. The Labute approximate surface area is 153 Å². The number of nitrogens with zero attached hydrogens (tertiary/aromatic N) is 2. The minimum atomic E-state index is 0.0734. The minimum Gasteiger partial charge on any atom is -0.336 e. The number of aromatic nitrogens is 1. The van der Waals surface area contributed by atoms with Crippen molar-refractivity contribution in [3.05, 3.63) is 66.2 Å². The van der Waals surface area contributed by atoms with Crippen LogP contribution < -0.4 is 5.73 Å². The van der Waals surface area contributed by atoms with E-state index >= 15 is 0 Å². The molecule has 0 aliphatic carbocycles. The molecule has 0 bridgehead atoms. The fourth-order valence-corrected chi connectivity index (χ4v) is 3.86. The number of amides is 1. The number of likely N-dealkylation sites (tertiary alicyclic amines) is 1. The summed E-state index contributed by atoms with van der Waals surface area (Å²) in [4.78, 5) is 20.1. The van der Waals surface area contributed by atoms with Crippen molar-refractivity contribution in [2.45, 2.75) is 19.4 Å². The van der Waals surface area contributed by atoms with E-state index in [0.29, 0.717) is 12.5 Å². The molecule has 1 aliphatic rings. The Morgan fingerprint density at radius 1 is 1.15 bits per heavy atom. The molecule has 1 fully saturated rings. The van der Waals surface area contributed by atoms with Gasteiger partial charge >= 0.3 is 0 Å². The zero-order valence-corrected chi connectivity index (χ0v) is 14.9. The lowest BCUT2D eigenvalue weighted by atomic mass is 10.0. The van der Waals surface area contributed by atoms with Crippen LogP contribution in [0, 0.1) is 5.92 Å². The molecule has 4 rings (SSSR count). The zero-order chi connectivity index (χ0) is 18.1. The van der Waals surface area contributed by atoms with Gasteiger partial charge in [0.1, 0.15) is 0 Å². The van der Waals surface area contributed by atoms with Gasteiger partial charge in [0.15, 0.2) is 0 Å². The van der Waals surface area contributed by atoms with Crippen molar-refractivity contribution in [3.63, 3.8) is 0 Å². The Morgan fingerprint density at radius 3 is 2.62 bits per heavy atom. The third-order valence-electron chi connectivity index (χ3n) is 5.27. The van der Waals surface area contributed by atoms with Crippen molar-refractivity contribution < 1.29 is 4.79 Å². The number of hydrogen-bond acceptors (Lipinski definition) is 3. The van der Waals surface area contributed by atoms with Gasteiger partial charge in [-0.05, 0) is 37.9 Å². The molecule has 132 valence electrons. The smallest absolute Gasteiger partial charge is 0.254 e. The summed E-state index contributed by atoms with van der Waals surface area (Å²) >= 11 is 0. The number of benzene rings is 2. The standard InChI is InChI=1S/C22H23N3O/c1-15-11-16(13-23)14-25(15)22(26)19-12-21(17-7-3-2-4-8-17)24-20-10-6-5-9-18(19)20/h2-10,12,15-16H,11,13-14,23H2,1H3. The first-order chi connectivity index (χ1) is 12.7. The van der Waals surface area contributed by atoms with Gasteiger partial charge < -0.3 is 10.6 Å². The summed E-state index contributed by atoms with van der Waals surface area (Å²) in [5.74, 6) is 0.458. The fourth-order valence-electron chi connectivity index (χ4n) is 3.86. The van der Waals surface area contributed by atoms with E-state index in [4.69, 9.17) is 10.7 Å². The van der Waals surface area contributed by atoms with E-state index < -0.39 is 0 Å². The summed E-state index contributed by atoms with van der Waals surface area (Å²) in [7, 11) is 0. The molecule has 2 unspecified atom stereocenters. The third-order valence-corrected chi connectivity index (χ3v) is 5.27. The molecule has 1 aliphatic heterocycles. The van der Waals surface area contributed by atoms with Crippen LogP contribution in [-0.2, 0) is 0 Å². The topological polar surface area (TPSA) is 59.2 Å². The number of hydrogen-bond donors (Lipinski definition) is 1. The Morgan fingerprint density at radius 2 is 1.88 bits per heavy atom. The van der Waals surface area contributed by atoms with Crippen LogP contribution in [0.4, 0.5) is 0 Å². The summed E-state index contributed by atoms with van der Waals surface area (Å²) in [5.41, 5.74) is 9.25. The predicted molar refractivity (Wildman–Crippen MR) is 105 cm³/mol. The molecule has 1 aromatic heterocycles. The highest BCUT2D eigenvalue weighted by molar-refractivity contribution is 6.07. The molecule has 0 radical (unpaired) electrons. The molecule has 1 saturated heterocycles. The van der Waals surface area contributed by atoms with E-state index in [1.165, 1.54) is 0 Å². The lowest BCUT2D eigenvalue weighted by Crippen LogP contribution is -2.34. The maximum absolute atomic E-state index is 13.4. The van der Waals surface area contributed by atoms with Gasteiger partial charge in [0, 0.05) is 23.5 Å². The summed E-state index contributed by atoms with van der Waals surface area (Å²) in [6, 6.07) is 20.0. The van der Waals surface area contributed by atoms with Crippen LogP contribution in [-0.4, -0.2) is 34.9 Å². The van der Waals surface area contributed by atoms with Crippen molar-refractivity contribution in [3.8, 4) is 11.3 Å². The summed E-state index contributed by atoms with van der Waals surface area (Å²) in [5, 5.41) is 0.903. The number of para-hydroxylation sites is 1. The normalized spacial score (nSPS) is 19.8. The number of rotatable bonds is 3. The van der Waals surface area contributed by atoms with Crippen LogP contribution in [0.5, 0.6) is 0 Å². The van der Waals surface area contributed by atoms with Crippen LogP contribution in [0.1, 0.15) is 23.7 Å². The number of fused-ring (bicyclic) bond motifs is 1. The molecule has 1 amide bonds. The average Bonchev–Trinajstić information content (AvgIpc) is 3.08. The van der Waals surface area contributed by atoms with Gasteiger partial charge in [0.25, 0.3) is 5.91 Å². The van der Waals surface area contributed by atoms with Crippen LogP contribution in [0.2, 0.25) is 0 Å². The second kappa shape index (κ2) is 6.89. The van der Waals surface area contributed by atoms with Crippen molar-refractivity contribution in [1.29, 1.82) is 0 Å². The van der Waals surface area contributed by atoms with Gasteiger partial charge in [-0.2, -0.15) is 0 Å². The van der Waals surface area contributed by atoms with E-state index in [2.05, 4.69) is 6.92 Å². The highest BCUT2D eigenvalue weighted by Gasteiger charge is 2.33. The van der Waals surface area contributed by atoms with Crippen LogP contribution >= 0.6 is 0 Å². The minimum absolute atomic E-state index is 0.0734. The largest absolute Gasteiger partial charge is 0.336 e. The van der Waals surface area contributed by atoms with Crippen LogP contribution in [0.15, 0.2) is 60.7 Å². The van der Waals surface area contributed by atoms with E-state index in [1.807, 2.05) is 65.6 Å². The molecular formula is C22H23N3O. The highest BCUT2D eigenvalue weighted by atomic mass is 16.2. The molecular weight excluding hydrogens is 322 g/mol. The Balaban J connectivity index is 1.82.